The Morgan fingerprint density at radius 3 is 2.21 bits per heavy atom. The number of nitro groups is 1. The van der Waals surface area contributed by atoms with Gasteiger partial charge in [-0.1, -0.05) is 56.3 Å². The lowest BCUT2D eigenvalue weighted by Gasteiger charge is -2.38. The summed E-state index contributed by atoms with van der Waals surface area (Å²) in [6.45, 7) is 10.9. The van der Waals surface area contributed by atoms with E-state index in [2.05, 4.69) is 16.8 Å². The molecule has 10 nitrogen and oxygen atoms in total. The first-order valence-electron chi connectivity index (χ1n) is 15.2. The lowest BCUT2D eigenvalue weighted by atomic mass is 10.00. The van der Waals surface area contributed by atoms with Crippen LogP contribution in [0.15, 0.2) is 73.3 Å². The highest BCUT2D eigenvalue weighted by atomic mass is 16.6. The van der Waals surface area contributed by atoms with Gasteiger partial charge in [0.1, 0.15) is 12.6 Å². The number of rotatable bonds is 12. The van der Waals surface area contributed by atoms with Crippen LogP contribution in [-0.4, -0.2) is 76.2 Å². The van der Waals surface area contributed by atoms with Gasteiger partial charge in [-0.15, -0.1) is 6.58 Å². The van der Waals surface area contributed by atoms with Gasteiger partial charge in [-0.05, 0) is 61.6 Å². The highest BCUT2D eigenvalue weighted by Crippen LogP contribution is 2.29. The van der Waals surface area contributed by atoms with Crippen LogP contribution < -0.4 is 5.32 Å². The molecule has 2 fully saturated rings. The molecule has 1 saturated heterocycles. The molecular weight excluding hydrogens is 548 g/mol. The van der Waals surface area contributed by atoms with Crippen molar-refractivity contribution in [2.75, 3.05) is 26.2 Å². The topological polar surface area (TPSA) is 125 Å². The molecule has 1 aliphatic carbocycles. The molecule has 43 heavy (non-hydrogen) atoms. The van der Waals surface area contributed by atoms with E-state index in [9.17, 15) is 24.8 Å². The second-order valence-electron chi connectivity index (χ2n) is 11.7. The number of carbonyl (C=O) groups is 2. The van der Waals surface area contributed by atoms with Crippen LogP contribution in [0, 0.1) is 22.0 Å². The summed E-state index contributed by atoms with van der Waals surface area (Å²) in [5.41, 5.74) is 0.694. The number of carboxylic acids is 1. The summed E-state index contributed by atoms with van der Waals surface area (Å²) in [5.74, 6) is -0.183. The normalized spacial score (nSPS) is 19.6. The van der Waals surface area contributed by atoms with Crippen molar-refractivity contribution in [2.24, 2.45) is 11.8 Å². The van der Waals surface area contributed by atoms with E-state index in [1.165, 1.54) is 12.1 Å². The summed E-state index contributed by atoms with van der Waals surface area (Å²) in [7, 11) is 0. The number of nitrogens with one attached hydrogen (secondary N) is 1. The third kappa shape index (κ3) is 11.1. The van der Waals surface area contributed by atoms with Crippen LogP contribution in [0.25, 0.3) is 0 Å². The van der Waals surface area contributed by atoms with Gasteiger partial charge in [0.2, 0.25) is 0 Å². The monoisotopic (exact) mass is 594 g/mol. The van der Waals surface area contributed by atoms with Gasteiger partial charge in [-0.25, -0.2) is 4.79 Å². The highest BCUT2D eigenvalue weighted by molar-refractivity contribution is 5.73. The summed E-state index contributed by atoms with van der Waals surface area (Å²) < 4.78 is 5.51. The average molecular weight is 595 g/mol. The van der Waals surface area contributed by atoms with Crippen molar-refractivity contribution < 1.29 is 24.4 Å². The number of benzene rings is 2. The fourth-order valence-corrected chi connectivity index (χ4v) is 5.81. The van der Waals surface area contributed by atoms with Crippen LogP contribution in [0.4, 0.5) is 10.5 Å². The molecule has 10 heteroatoms. The Morgan fingerprint density at radius 2 is 1.70 bits per heavy atom. The molecule has 234 valence electrons. The van der Waals surface area contributed by atoms with Gasteiger partial charge in [-0.2, -0.15) is 0 Å². The number of nitrogens with zero attached hydrogens (tertiary/aromatic N) is 3. The molecule has 2 unspecified atom stereocenters. The number of likely N-dealkylation sites (tertiary alicyclic amines) is 1. The van der Waals surface area contributed by atoms with E-state index in [-0.39, 0.29) is 30.3 Å². The van der Waals surface area contributed by atoms with Gasteiger partial charge in [-0.3, -0.25) is 14.9 Å². The SMILES string of the molecule is C=CCN(C(=O)OCc1ccc([N+](=O)[O-])cc1)C1CCN(C[C@@H]2CCC(NC(C(=O)O)C(C)C)C2)CC1.c1ccccc1. The van der Waals surface area contributed by atoms with Crippen LogP contribution in [0.5, 0.6) is 0 Å². The van der Waals surface area contributed by atoms with Crippen molar-refractivity contribution in [3.05, 3.63) is 89.0 Å². The largest absolute Gasteiger partial charge is 0.480 e. The van der Waals surface area contributed by atoms with Crippen molar-refractivity contribution >= 4 is 17.7 Å². The highest BCUT2D eigenvalue weighted by Gasteiger charge is 2.33. The quantitative estimate of drug-likeness (QED) is 0.181. The molecule has 2 aromatic rings. The van der Waals surface area contributed by atoms with Crippen molar-refractivity contribution in [1.29, 1.82) is 0 Å². The molecule has 1 heterocycles. The third-order valence-electron chi connectivity index (χ3n) is 8.14. The molecule has 3 atom stereocenters. The number of piperidine rings is 1. The maximum atomic E-state index is 12.8. The Bertz CT molecular complexity index is 1130. The number of hydrogen-bond acceptors (Lipinski definition) is 7. The van der Waals surface area contributed by atoms with Crippen LogP contribution in [0.1, 0.15) is 51.5 Å². The first-order valence-corrected chi connectivity index (χ1v) is 15.2. The molecule has 0 spiro atoms. The van der Waals surface area contributed by atoms with E-state index in [1.54, 1.807) is 23.1 Å². The minimum atomic E-state index is -0.782. The second-order valence-corrected chi connectivity index (χ2v) is 11.7. The van der Waals surface area contributed by atoms with Gasteiger partial charge in [0.05, 0.1) is 4.92 Å². The van der Waals surface area contributed by atoms with Gasteiger partial charge in [0, 0.05) is 50.4 Å². The Morgan fingerprint density at radius 1 is 1.09 bits per heavy atom. The number of carbonyl (C=O) groups excluding carboxylic acids is 1. The maximum Gasteiger partial charge on any atom is 0.410 e. The van der Waals surface area contributed by atoms with Crippen LogP contribution in [0.2, 0.25) is 0 Å². The lowest BCUT2D eigenvalue weighted by molar-refractivity contribution is -0.384. The molecule has 1 saturated carbocycles. The zero-order valence-electron chi connectivity index (χ0n) is 25.3. The minimum absolute atomic E-state index is 0.000443. The molecule has 1 aliphatic heterocycles. The molecule has 0 radical (unpaired) electrons. The molecule has 0 bridgehead atoms. The second kappa shape index (κ2) is 17.4. The molecular formula is C33H46N4O6. The number of aliphatic carboxylic acids is 1. The summed E-state index contributed by atoms with van der Waals surface area (Å²) in [4.78, 5) is 38.9. The molecule has 2 aliphatic rings. The van der Waals surface area contributed by atoms with Crippen molar-refractivity contribution in [3.63, 3.8) is 0 Å². The first kappa shape index (κ1) is 33.7. The number of non-ortho nitro benzene ring substituents is 1. The van der Waals surface area contributed by atoms with E-state index in [1.807, 2.05) is 50.2 Å². The summed E-state index contributed by atoms with van der Waals surface area (Å²) in [6, 6.07) is 17.8. The van der Waals surface area contributed by atoms with Gasteiger partial charge >= 0.3 is 12.1 Å². The van der Waals surface area contributed by atoms with E-state index >= 15 is 0 Å². The summed E-state index contributed by atoms with van der Waals surface area (Å²) in [5, 5.41) is 23.6. The van der Waals surface area contributed by atoms with E-state index in [0.717, 1.165) is 51.7 Å². The number of carboxylic acid groups (broad SMARTS) is 1. The molecule has 2 aromatic carbocycles. The fraction of sp³-hybridized carbons (Fsp3) is 0.515. The Hall–Kier alpha value is -3.76. The summed E-state index contributed by atoms with van der Waals surface area (Å²) in [6.07, 6.45) is 6.10. The zero-order chi connectivity index (χ0) is 31.2. The number of amides is 1. The fourth-order valence-electron chi connectivity index (χ4n) is 5.81. The lowest BCUT2D eigenvalue weighted by Crippen LogP contribution is -2.48. The smallest absolute Gasteiger partial charge is 0.410 e. The Labute approximate surface area is 254 Å². The van der Waals surface area contributed by atoms with E-state index in [4.69, 9.17) is 4.74 Å². The van der Waals surface area contributed by atoms with Crippen LogP contribution in [-0.2, 0) is 16.1 Å². The molecule has 1 amide bonds. The predicted octanol–water partition coefficient (Wildman–Crippen LogP) is 5.74. The minimum Gasteiger partial charge on any atom is -0.480 e. The molecule has 2 N–H and O–H groups in total. The zero-order valence-corrected chi connectivity index (χ0v) is 25.3. The number of hydrogen-bond donors (Lipinski definition) is 2. The molecule has 0 aromatic heterocycles. The van der Waals surface area contributed by atoms with Crippen molar-refractivity contribution in [1.82, 2.24) is 15.1 Å². The maximum absolute atomic E-state index is 12.8. The standard InChI is InChI=1S/C27H40N4O6.C6H6/c1-4-13-30(27(34)37-18-20-6-9-24(10-7-20)31(35)36)23-11-14-29(15-12-23)17-21-5-8-22(16-21)28-25(19(2)3)26(32)33;1-2-4-6-5-3-1/h4,6-7,9-10,19,21-23,25,28H,1,5,8,11-18H2,2-3H3,(H,32,33);1-6H/t21-,22?,25?;/m1./s1. The van der Waals surface area contributed by atoms with Crippen molar-refractivity contribution in [3.8, 4) is 0 Å². The Kier molecular flexibility index (Phi) is 13.6. The average Bonchev–Trinajstić information content (AvgIpc) is 3.46. The van der Waals surface area contributed by atoms with Crippen LogP contribution in [0.3, 0.4) is 0 Å². The van der Waals surface area contributed by atoms with Crippen molar-refractivity contribution in [2.45, 2.75) is 70.7 Å². The number of ether oxygens (including phenoxy) is 1. The van der Waals surface area contributed by atoms with Gasteiger partial charge in [0.15, 0.2) is 0 Å². The van der Waals surface area contributed by atoms with E-state index in [0.29, 0.717) is 18.0 Å². The Balaban J connectivity index is 0.000000749. The van der Waals surface area contributed by atoms with Crippen LogP contribution >= 0.6 is 0 Å². The predicted molar refractivity (Wildman–Crippen MR) is 167 cm³/mol. The third-order valence-corrected chi connectivity index (χ3v) is 8.14. The number of nitro benzene ring substituents is 1. The summed E-state index contributed by atoms with van der Waals surface area (Å²) >= 11 is 0. The van der Waals surface area contributed by atoms with Gasteiger partial charge < -0.3 is 25.0 Å². The van der Waals surface area contributed by atoms with E-state index < -0.39 is 23.0 Å². The molecule has 4 rings (SSSR count). The van der Waals surface area contributed by atoms with Gasteiger partial charge in [0.25, 0.3) is 5.69 Å². The first-order chi connectivity index (χ1) is 20.7.